The average molecular weight is 229 g/mol. The highest BCUT2D eigenvalue weighted by atomic mass is 16.1. The van der Waals surface area contributed by atoms with E-state index in [9.17, 15) is 4.79 Å². The number of hydrogen-bond donors (Lipinski definition) is 1. The first-order chi connectivity index (χ1) is 8.34. The molecule has 0 aromatic heterocycles. The smallest absolute Gasteiger partial charge is 0.227 e. The van der Waals surface area contributed by atoms with Crippen molar-refractivity contribution in [3.8, 4) is 0 Å². The van der Waals surface area contributed by atoms with Crippen LogP contribution >= 0.6 is 0 Å². The molecule has 3 rings (SSSR count). The number of fused-ring (bicyclic) bond motifs is 1. The van der Waals surface area contributed by atoms with Crippen LogP contribution in [-0.2, 0) is 17.6 Å². The molecule has 1 N–H and O–H groups in total. The first kappa shape index (κ1) is 10.8. The van der Waals surface area contributed by atoms with Gasteiger partial charge in [-0.15, -0.1) is 0 Å². The zero-order valence-electron chi connectivity index (χ0n) is 10.2. The zero-order valence-corrected chi connectivity index (χ0v) is 10.2. The molecule has 0 spiro atoms. The van der Waals surface area contributed by atoms with Gasteiger partial charge in [0.25, 0.3) is 0 Å². The van der Waals surface area contributed by atoms with Crippen molar-refractivity contribution in [1.29, 1.82) is 0 Å². The predicted molar refractivity (Wildman–Crippen MR) is 69.1 cm³/mol. The molecular weight excluding hydrogens is 210 g/mol. The van der Waals surface area contributed by atoms with E-state index in [-0.39, 0.29) is 11.8 Å². The summed E-state index contributed by atoms with van der Waals surface area (Å²) in [6, 6.07) is 6.33. The number of hydrogen-bond acceptors (Lipinski definition) is 1. The lowest BCUT2D eigenvalue weighted by molar-refractivity contribution is -0.122. The molecule has 1 aromatic carbocycles. The molecule has 2 aliphatic rings. The van der Waals surface area contributed by atoms with Gasteiger partial charge >= 0.3 is 0 Å². The van der Waals surface area contributed by atoms with Crippen LogP contribution in [-0.4, -0.2) is 5.91 Å². The molecule has 2 heteroatoms. The molecule has 0 heterocycles. The standard InChI is InChI=1S/C15H19NO/c17-15(12-7-3-8-12)16-14-10-4-6-11-5-1-2-9-13(11)14/h4,6,10,12H,1-3,5,7-9H2,(H,16,17). The van der Waals surface area contributed by atoms with Crippen molar-refractivity contribution < 1.29 is 4.79 Å². The van der Waals surface area contributed by atoms with Gasteiger partial charge in [-0.3, -0.25) is 4.79 Å². The van der Waals surface area contributed by atoms with E-state index in [2.05, 4.69) is 23.5 Å². The Morgan fingerprint density at radius 2 is 1.94 bits per heavy atom. The van der Waals surface area contributed by atoms with Crippen molar-refractivity contribution in [3.63, 3.8) is 0 Å². The van der Waals surface area contributed by atoms with Crippen molar-refractivity contribution in [2.45, 2.75) is 44.9 Å². The van der Waals surface area contributed by atoms with E-state index in [4.69, 9.17) is 0 Å². The highest BCUT2D eigenvalue weighted by molar-refractivity contribution is 5.93. The van der Waals surface area contributed by atoms with Gasteiger partial charge in [-0.25, -0.2) is 0 Å². The molecule has 0 saturated heterocycles. The second-order valence-corrected chi connectivity index (χ2v) is 5.27. The summed E-state index contributed by atoms with van der Waals surface area (Å²) in [6.07, 6.45) is 8.18. The number of benzene rings is 1. The molecule has 0 radical (unpaired) electrons. The number of amides is 1. The van der Waals surface area contributed by atoms with Gasteiger partial charge in [0, 0.05) is 11.6 Å². The summed E-state index contributed by atoms with van der Waals surface area (Å²) < 4.78 is 0. The van der Waals surface area contributed by atoms with Crippen molar-refractivity contribution in [2.24, 2.45) is 5.92 Å². The van der Waals surface area contributed by atoms with Gasteiger partial charge in [-0.05, 0) is 55.7 Å². The number of anilines is 1. The minimum atomic E-state index is 0.232. The van der Waals surface area contributed by atoms with Crippen LogP contribution in [0.2, 0.25) is 0 Å². The monoisotopic (exact) mass is 229 g/mol. The second-order valence-electron chi connectivity index (χ2n) is 5.27. The minimum Gasteiger partial charge on any atom is -0.326 e. The van der Waals surface area contributed by atoms with Crippen molar-refractivity contribution in [2.75, 3.05) is 5.32 Å². The van der Waals surface area contributed by atoms with Gasteiger partial charge in [-0.1, -0.05) is 18.6 Å². The zero-order chi connectivity index (χ0) is 11.7. The Morgan fingerprint density at radius 1 is 1.12 bits per heavy atom. The maximum Gasteiger partial charge on any atom is 0.227 e. The summed E-state index contributed by atoms with van der Waals surface area (Å²) in [6.45, 7) is 0. The fourth-order valence-electron chi connectivity index (χ4n) is 2.80. The Bertz CT molecular complexity index is 435. The van der Waals surface area contributed by atoms with E-state index in [0.717, 1.165) is 24.9 Å². The summed E-state index contributed by atoms with van der Waals surface area (Å²) in [5.74, 6) is 0.504. The molecule has 2 nitrogen and oxygen atoms in total. The molecule has 90 valence electrons. The number of carbonyl (C=O) groups is 1. The van der Waals surface area contributed by atoms with Gasteiger partial charge in [-0.2, -0.15) is 0 Å². The molecule has 1 amide bonds. The van der Waals surface area contributed by atoms with Crippen LogP contribution in [0, 0.1) is 5.92 Å². The second kappa shape index (κ2) is 4.52. The Morgan fingerprint density at radius 3 is 2.71 bits per heavy atom. The first-order valence-electron chi connectivity index (χ1n) is 6.76. The Balaban J connectivity index is 1.80. The van der Waals surface area contributed by atoms with Gasteiger partial charge in [0.1, 0.15) is 0 Å². The van der Waals surface area contributed by atoms with E-state index in [1.54, 1.807) is 0 Å². The van der Waals surface area contributed by atoms with Crippen LogP contribution < -0.4 is 5.32 Å². The first-order valence-corrected chi connectivity index (χ1v) is 6.76. The fraction of sp³-hybridized carbons (Fsp3) is 0.533. The van der Waals surface area contributed by atoms with Gasteiger partial charge < -0.3 is 5.32 Å². The lowest BCUT2D eigenvalue weighted by atomic mass is 9.84. The highest BCUT2D eigenvalue weighted by Crippen LogP contribution is 2.31. The van der Waals surface area contributed by atoms with Gasteiger partial charge in [0.2, 0.25) is 5.91 Å². The summed E-state index contributed by atoms with van der Waals surface area (Å²) in [7, 11) is 0. The molecule has 17 heavy (non-hydrogen) atoms. The van der Waals surface area contributed by atoms with Crippen LogP contribution in [0.5, 0.6) is 0 Å². The largest absolute Gasteiger partial charge is 0.326 e. The average Bonchev–Trinajstić information content (AvgIpc) is 2.27. The van der Waals surface area contributed by atoms with Crippen molar-refractivity contribution in [1.82, 2.24) is 0 Å². The van der Waals surface area contributed by atoms with Crippen LogP contribution in [0.3, 0.4) is 0 Å². The highest BCUT2D eigenvalue weighted by Gasteiger charge is 2.26. The molecule has 0 aliphatic heterocycles. The SMILES string of the molecule is O=C(Nc1cccc2c1CCCC2)C1CCC1. The fourth-order valence-corrected chi connectivity index (χ4v) is 2.80. The molecule has 1 aromatic rings. The van der Waals surface area contributed by atoms with E-state index in [1.807, 2.05) is 0 Å². The van der Waals surface area contributed by atoms with E-state index in [0.29, 0.717) is 0 Å². The minimum absolute atomic E-state index is 0.232. The maximum absolute atomic E-state index is 12.0. The van der Waals surface area contributed by atoms with E-state index >= 15 is 0 Å². The van der Waals surface area contributed by atoms with E-state index in [1.165, 1.54) is 36.8 Å². The molecule has 1 fully saturated rings. The molecule has 2 aliphatic carbocycles. The Labute approximate surface area is 102 Å². The topological polar surface area (TPSA) is 29.1 Å². The van der Waals surface area contributed by atoms with Crippen LogP contribution in [0.15, 0.2) is 18.2 Å². The maximum atomic E-state index is 12.0. The van der Waals surface area contributed by atoms with Crippen molar-refractivity contribution >= 4 is 11.6 Å². The van der Waals surface area contributed by atoms with Crippen LogP contribution in [0.25, 0.3) is 0 Å². The Kier molecular flexibility index (Phi) is 2.87. The lowest BCUT2D eigenvalue weighted by Gasteiger charge is -2.26. The third-order valence-electron chi connectivity index (χ3n) is 4.13. The summed E-state index contributed by atoms with van der Waals surface area (Å²) in [4.78, 5) is 12.0. The number of nitrogens with one attached hydrogen (secondary N) is 1. The number of carbonyl (C=O) groups excluding carboxylic acids is 1. The van der Waals surface area contributed by atoms with Crippen molar-refractivity contribution in [3.05, 3.63) is 29.3 Å². The van der Waals surface area contributed by atoms with E-state index < -0.39 is 0 Å². The van der Waals surface area contributed by atoms with Crippen LogP contribution in [0.4, 0.5) is 5.69 Å². The molecule has 0 bridgehead atoms. The molecule has 1 saturated carbocycles. The van der Waals surface area contributed by atoms with Gasteiger partial charge in [0.05, 0.1) is 0 Å². The lowest BCUT2D eigenvalue weighted by Crippen LogP contribution is -2.28. The predicted octanol–water partition coefficient (Wildman–Crippen LogP) is 3.30. The summed E-state index contributed by atoms with van der Waals surface area (Å²) >= 11 is 0. The summed E-state index contributed by atoms with van der Waals surface area (Å²) in [5, 5.41) is 3.13. The normalized spacial score (nSPS) is 19.3. The number of rotatable bonds is 2. The molecular formula is C15H19NO. The molecule has 0 unspecified atom stereocenters. The third-order valence-corrected chi connectivity index (χ3v) is 4.13. The quantitative estimate of drug-likeness (QED) is 0.828. The summed E-state index contributed by atoms with van der Waals surface area (Å²) in [5.41, 5.74) is 3.88. The third kappa shape index (κ3) is 2.08. The number of aryl methyl sites for hydroxylation is 1. The molecule has 0 atom stereocenters. The van der Waals surface area contributed by atoms with Gasteiger partial charge in [0.15, 0.2) is 0 Å². The van der Waals surface area contributed by atoms with Crippen LogP contribution in [0.1, 0.15) is 43.2 Å². The Hall–Kier alpha value is -1.31.